The number of hydrogen-bond donors (Lipinski definition) is 4. The molecule has 1 aliphatic heterocycles. The van der Waals surface area contributed by atoms with Crippen molar-refractivity contribution in [3.8, 4) is 0 Å². The van der Waals surface area contributed by atoms with Crippen LogP contribution in [0.3, 0.4) is 0 Å². The predicted molar refractivity (Wildman–Crippen MR) is 112 cm³/mol. The first-order valence-corrected chi connectivity index (χ1v) is 11.2. The van der Waals surface area contributed by atoms with Gasteiger partial charge in [0.15, 0.2) is 5.96 Å². The molecule has 6 N–H and O–H groups in total. The van der Waals surface area contributed by atoms with Gasteiger partial charge in [0, 0.05) is 13.1 Å². The molecule has 0 aliphatic carbocycles. The summed E-state index contributed by atoms with van der Waals surface area (Å²) in [6, 6.07) is 4.31. The van der Waals surface area contributed by atoms with Crippen LogP contribution in [0.5, 0.6) is 0 Å². The molecule has 0 aromatic heterocycles. The molecule has 1 saturated heterocycles. The van der Waals surface area contributed by atoms with E-state index in [2.05, 4.69) is 10.3 Å². The number of nitrogens with two attached hydrogens (primary N) is 2. The van der Waals surface area contributed by atoms with E-state index in [0.717, 1.165) is 5.56 Å². The van der Waals surface area contributed by atoms with E-state index >= 15 is 0 Å². The van der Waals surface area contributed by atoms with Gasteiger partial charge in [0.1, 0.15) is 12.1 Å². The van der Waals surface area contributed by atoms with Crippen molar-refractivity contribution in [2.45, 2.75) is 56.0 Å². The number of amides is 1. The minimum atomic E-state index is -3.88. The lowest BCUT2D eigenvalue weighted by Gasteiger charge is -2.34. The van der Waals surface area contributed by atoms with Crippen LogP contribution in [0.15, 0.2) is 34.2 Å². The highest BCUT2D eigenvalue weighted by molar-refractivity contribution is 7.89. The van der Waals surface area contributed by atoms with E-state index in [0.29, 0.717) is 25.7 Å². The molecule has 1 amide bonds. The number of guanidine groups is 1. The summed E-state index contributed by atoms with van der Waals surface area (Å²) in [5.41, 5.74) is 11.4. The number of rotatable bonds is 9. The van der Waals surface area contributed by atoms with Crippen molar-refractivity contribution in [3.05, 3.63) is 29.8 Å². The van der Waals surface area contributed by atoms with Crippen molar-refractivity contribution >= 4 is 27.9 Å². The third kappa shape index (κ3) is 6.17. The Morgan fingerprint density at radius 2 is 1.93 bits per heavy atom. The topological polar surface area (TPSA) is 168 Å². The van der Waals surface area contributed by atoms with Crippen molar-refractivity contribution in [1.82, 2.24) is 9.62 Å². The number of piperidine rings is 1. The minimum Gasteiger partial charge on any atom is -0.480 e. The number of carbonyl (C=O) groups excluding carboxylic acids is 1. The van der Waals surface area contributed by atoms with Crippen LogP contribution in [0.25, 0.3) is 0 Å². The van der Waals surface area contributed by atoms with E-state index in [-0.39, 0.29) is 30.4 Å². The number of carboxylic acid groups (broad SMARTS) is 1. The van der Waals surface area contributed by atoms with E-state index in [9.17, 15) is 23.1 Å². The number of sulfonamides is 1. The summed E-state index contributed by atoms with van der Waals surface area (Å²) < 4.78 is 27.4. The van der Waals surface area contributed by atoms with Crippen LogP contribution < -0.4 is 16.8 Å². The lowest BCUT2D eigenvalue weighted by Crippen LogP contribution is -2.54. The number of hydrogen-bond acceptors (Lipinski definition) is 5. The highest BCUT2D eigenvalue weighted by Crippen LogP contribution is 2.26. The second kappa shape index (κ2) is 10.4. The van der Waals surface area contributed by atoms with Crippen molar-refractivity contribution in [1.29, 1.82) is 0 Å². The van der Waals surface area contributed by atoms with E-state index in [4.69, 9.17) is 11.5 Å². The maximum atomic E-state index is 13.1. The summed E-state index contributed by atoms with van der Waals surface area (Å²) in [6.07, 6.45) is 2.12. The first-order chi connectivity index (χ1) is 14.1. The van der Waals surface area contributed by atoms with Gasteiger partial charge in [-0.1, -0.05) is 24.1 Å². The third-order valence-corrected chi connectivity index (χ3v) is 6.87. The smallest absolute Gasteiger partial charge is 0.326 e. The van der Waals surface area contributed by atoms with Gasteiger partial charge in [-0.05, 0) is 44.7 Å². The minimum absolute atomic E-state index is 0.0925. The lowest BCUT2D eigenvalue weighted by molar-refractivity contribution is -0.142. The Kier molecular flexibility index (Phi) is 8.18. The Hall–Kier alpha value is -2.66. The zero-order valence-corrected chi connectivity index (χ0v) is 17.8. The number of benzene rings is 1. The zero-order chi connectivity index (χ0) is 22.3. The number of nitrogens with one attached hydrogen (secondary N) is 1. The molecule has 30 heavy (non-hydrogen) atoms. The summed E-state index contributed by atoms with van der Waals surface area (Å²) in [7, 11) is -3.88. The van der Waals surface area contributed by atoms with Crippen LogP contribution >= 0.6 is 0 Å². The second-order valence-corrected chi connectivity index (χ2v) is 9.18. The molecule has 10 nitrogen and oxygen atoms in total. The molecule has 0 radical (unpaired) electrons. The lowest BCUT2D eigenvalue weighted by atomic mass is 10.0. The molecular weight excluding hydrogens is 410 g/mol. The highest BCUT2D eigenvalue weighted by Gasteiger charge is 2.38. The van der Waals surface area contributed by atoms with Gasteiger partial charge in [0.2, 0.25) is 15.9 Å². The van der Waals surface area contributed by atoms with Gasteiger partial charge in [0.05, 0.1) is 4.90 Å². The Bertz CT molecular complexity index is 881. The summed E-state index contributed by atoms with van der Waals surface area (Å²) in [5.74, 6) is -1.90. The molecule has 2 atom stereocenters. The number of carboxylic acids is 1. The van der Waals surface area contributed by atoms with Gasteiger partial charge in [0.25, 0.3) is 0 Å². The molecule has 1 unspecified atom stereocenters. The van der Waals surface area contributed by atoms with Crippen LogP contribution in [-0.4, -0.2) is 60.8 Å². The van der Waals surface area contributed by atoms with Crippen LogP contribution in [0.4, 0.5) is 0 Å². The normalized spacial score (nSPS) is 18.4. The SMILES string of the molecule is Cc1ccc(S(=O)(=O)N2CCCCC2C(=O)N[C@H](CCCN=C(N)N)C(=O)O)cc1. The molecule has 1 aromatic carbocycles. The summed E-state index contributed by atoms with van der Waals surface area (Å²) in [6.45, 7) is 2.29. The molecule has 11 heteroatoms. The van der Waals surface area contributed by atoms with Gasteiger partial charge >= 0.3 is 5.97 Å². The molecule has 1 aliphatic rings. The molecule has 0 bridgehead atoms. The van der Waals surface area contributed by atoms with Crippen LogP contribution in [0.1, 0.15) is 37.7 Å². The van der Waals surface area contributed by atoms with E-state index in [1.165, 1.54) is 16.4 Å². The van der Waals surface area contributed by atoms with E-state index in [1.54, 1.807) is 12.1 Å². The average Bonchev–Trinajstić information content (AvgIpc) is 2.70. The van der Waals surface area contributed by atoms with Crippen molar-refractivity contribution in [2.75, 3.05) is 13.1 Å². The van der Waals surface area contributed by atoms with Gasteiger partial charge in [-0.3, -0.25) is 9.79 Å². The first-order valence-electron chi connectivity index (χ1n) is 9.80. The number of carbonyl (C=O) groups is 2. The molecule has 166 valence electrons. The van der Waals surface area contributed by atoms with Gasteiger partial charge in [-0.15, -0.1) is 0 Å². The number of aliphatic imine (C=N–C) groups is 1. The van der Waals surface area contributed by atoms with E-state index < -0.39 is 34.0 Å². The third-order valence-electron chi connectivity index (χ3n) is 4.94. The Balaban J connectivity index is 2.13. The largest absolute Gasteiger partial charge is 0.480 e. The number of aliphatic carboxylic acids is 1. The summed E-state index contributed by atoms with van der Waals surface area (Å²) >= 11 is 0. The fraction of sp³-hybridized carbons (Fsp3) is 0.526. The maximum Gasteiger partial charge on any atom is 0.326 e. The molecule has 1 fully saturated rings. The van der Waals surface area contributed by atoms with Crippen molar-refractivity contribution in [3.63, 3.8) is 0 Å². The van der Waals surface area contributed by atoms with Crippen molar-refractivity contribution < 1.29 is 23.1 Å². The second-order valence-electron chi connectivity index (χ2n) is 7.29. The zero-order valence-electron chi connectivity index (χ0n) is 17.0. The fourth-order valence-electron chi connectivity index (χ4n) is 3.33. The quantitative estimate of drug-likeness (QED) is 0.241. The molecule has 1 aromatic rings. The fourth-order valence-corrected chi connectivity index (χ4v) is 4.99. The Morgan fingerprint density at radius 1 is 1.27 bits per heavy atom. The van der Waals surface area contributed by atoms with Crippen LogP contribution in [-0.2, 0) is 19.6 Å². The molecule has 0 spiro atoms. The van der Waals surface area contributed by atoms with Crippen molar-refractivity contribution in [2.24, 2.45) is 16.5 Å². The Labute approximate surface area is 176 Å². The standard InChI is InChI=1S/C19H29N5O5S/c1-13-7-9-14(10-8-13)30(28,29)24-12-3-2-6-16(24)17(25)23-15(18(26)27)5-4-11-22-19(20)21/h7-10,15-16H,2-6,11-12H2,1H3,(H,23,25)(H,26,27)(H4,20,21,22)/t15-,16?/m1/s1. The average molecular weight is 440 g/mol. The molecule has 1 heterocycles. The molecule has 0 saturated carbocycles. The molecular formula is C19H29N5O5S. The Morgan fingerprint density at radius 3 is 2.53 bits per heavy atom. The van der Waals surface area contributed by atoms with Gasteiger partial charge < -0.3 is 21.9 Å². The van der Waals surface area contributed by atoms with Gasteiger partial charge in [-0.25, -0.2) is 13.2 Å². The molecule has 2 rings (SSSR count). The monoisotopic (exact) mass is 439 g/mol. The van der Waals surface area contributed by atoms with Crippen LogP contribution in [0.2, 0.25) is 0 Å². The first kappa shape index (κ1) is 23.6. The van der Waals surface area contributed by atoms with Crippen LogP contribution in [0, 0.1) is 6.92 Å². The highest BCUT2D eigenvalue weighted by atomic mass is 32.2. The van der Waals surface area contributed by atoms with E-state index in [1.807, 2.05) is 6.92 Å². The number of nitrogens with zero attached hydrogens (tertiary/aromatic N) is 2. The van der Waals surface area contributed by atoms with Gasteiger partial charge in [-0.2, -0.15) is 4.31 Å². The summed E-state index contributed by atoms with van der Waals surface area (Å²) in [5, 5.41) is 11.9. The predicted octanol–water partition coefficient (Wildman–Crippen LogP) is 0.161. The number of aryl methyl sites for hydroxylation is 1. The summed E-state index contributed by atoms with van der Waals surface area (Å²) in [4.78, 5) is 28.3. The maximum absolute atomic E-state index is 13.1.